The van der Waals surface area contributed by atoms with Crippen LogP contribution in [0.25, 0.3) is 0 Å². The van der Waals surface area contributed by atoms with E-state index in [1.54, 1.807) is 0 Å². The van der Waals surface area contributed by atoms with Gasteiger partial charge < -0.3 is 0 Å². The van der Waals surface area contributed by atoms with Gasteiger partial charge in [-0.1, -0.05) is 34.6 Å². The van der Waals surface area contributed by atoms with Crippen molar-refractivity contribution in [3.8, 4) is 0 Å². The topological polar surface area (TPSA) is 31.0 Å². The van der Waals surface area contributed by atoms with Crippen LogP contribution in [-0.2, 0) is 0 Å². The fraction of sp³-hybridized carbons (Fsp3) is 1.00. The Kier molecular flexibility index (Phi) is 3.89. The van der Waals surface area contributed by atoms with Gasteiger partial charge in [0.25, 0.3) is 0 Å². The van der Waals surface area contributed by atoms with Gasteiger partial charge in [0.15, 0.2) is 5.79 Å². The van der Waals surface area contributed by atoms with E-state index in [0.29, 0.717) is 5.41 Å². The number of hydrazine groups is 1. The van der Waals surface area contributed by atoms with Gasteiger partial charge in [0, 0.05) is 31.6 Å². The summed E-state index contributed by atoms with van der Waals surface area (Å²) in [6.07, 6.45) is 6.17. The fourth-order valence-corrected chi connectivity index (χ4v) is 4.86. The van der Waals surface area contributed by atoms with Crippen molar-refractivity contribution in [3.63, 3.8) is 0 Å². The molecule has 0 bridgehead atoms. The van der Waals surface area contributed by atoms with Gasteiger partial charge in [-0.25, -0.2) is 5.43 Å². The van der Waals surface area contributed by atoms with Crippen molar-refractivity contribution in [2.75, 3.05) is 26.2 Å². The van der Waals surface area contributed by atoms with Crippen molar-refractivity contribution in [3.05, 3.63) is 0 Å². The smallest absolute Gasteiger partial charge is 0.151 e. The lowest BCUT2D eigenvalue weighted by Gasteiger charge is -2.53. The molecule has 3 saturated heterocycles. The molecule has 0 aromatic carbocycles. The molecular formula is C17H34N4. The zero-order chi connectivity index (χ0) is 15.3. The van der Waals surface area contributed by atoms with Gasteiger partial charge in [-0.15, -0.1) is 0 Å². The van der Waals surface area contributed by atoms with Gasteiger partial charge in [0.1, 0.15) is 5.66 Å². The van der Waals surface area contributed by atoms with E-state index >= 15 is 0 Å². The number of hydrogen-bond donors (Lipinski definition) is 1. The molecule has 0 amide bonds. The molecule has 0 aromatic heterocycles. The molecule has 0 aliphatic carbocycles. The Labute approximate surface area is 130 Å². The summed E-state index contributed by atoms with van der Waals surface area (Å²) in [5, 5.41) is 2.66. The molecule has 4 nitrogen and oxygen atoms in total. The first-order chi connectivity index (χ1) is 10.1. The monoisotopic (exact) mass is 294 g/mol. The molecule has 3 aliphatic heterocycles. The van der Waals surface area contributed by atoms with Crippen LogP contribution >= 0.6 is 0 Å². The van der Waals surface area contributed by atoms with E-state index in [1.165, 1.54) is 58.3 Å². The SMILES string of the molecule is CCC1(CC)NN1C(N1CC1)(N1CC1)C(CC)(CC)CC. The average Bonchev–Trinajstić information content (AvgIpc) is 3.41. The van der Waals surface area contributed by atoms with E-state index in [-0.39, 0.29) is 11.4 Å². The third-order valence-electron chi connectivity index (χ3n) is 6.70. The lowest BCUT2D eigenvalue weighted by molar-refractivity contribution is -0.149. The molecule has 1 unspecified atom stereocenters. The van der Waals surface area contributed by atoms with E-state index in [1.807, 2.05) is 0 Å². The summed E-state index contributed by atoms with van der Waals surface area (Å²) in [4.78, 5) is 5.47. The number of hydrogen-bond acceptors (Lipinski definition) is 4. The zero-order valence-electron chi connectivity index (χ0n) is 14.7. The Morgan fingerprint density at radius 2 is 1.24 bits per heavy atom. The van der Waals surface area contributed by atoms with Crippen LogP contribution in [-0.4, -0.2) is 52.4 Å². The van der Waals surface area contributed by atoms with Crippen molar-refractivity contribution in [1.82, 2.24) is 20.2 Å². The van der Waals surface area contributed by atoms with Gasteiger partial charge in [0.2, 0.25) is 0 Å². The van der Waals surface area contributed by atoms with Crippen molar-refractivity contribution < 1.29 is 0 Å². The number of nitrogens with zero attached hydrogens (tertiary/aromatic N) is 3. The molecule has 21 heavy (non-hydrogen) atoms. The highest BCUT2D eigenvalue weighted by molar-refractivity contribution is 5.17. The maximum Gasteiger partial charge on any atom is 0.151 e. The van der Waals surface area contributed by atoms with Crippen LogP contribution in [0.1, 0.15) is 66.7 Å². The molecule has 1 N–H and O–H groups in total. The van der Waals surface area contributed by atoms with Crippen LogP contribution in [0.4, 0.5) is 0 Å². The maximum atomic E-state index is 3.82. The second kappa shape index (κ2) is 5.19. The second-order valence-corrected chi connectivity index (χ2v) is 7.14. The minimum absolute atomic E-state index is 0.122. The summed E-state index contributed by atoms with van der Waals surface area (Å²) in [5.41, 5.74) is 4.42. The molecule has 3 aliphatic rings. The molecule has 0 saturated carbocycles. The second-order valence-electron chi connectivity index (χ2n) is 7.14. The first-order valence-electron chi connectivity index (χ1n) is 9.19. The highest BCUT2D eigenvalue weighted by atomic mass is 15.9. The van der Waals surface area contributed by atoms with Crippen LogP contribution in [0, 0.1) is 5.41 Å². The van der Waals surface area contributed by atoms with Crippen LogP contribution in [0.15, 0.2) is 0 Å². The Morgan fingerprint density at radius 3 is 1.48 bits per heavy atom. The molecule has 122 valence electrons. The minimum atomic E-state index is 0.122. The van der Waals surface area contributed by atoms with Crippen molar-refractivity contribution >= 4 is 0 Å². The lowest BCUT2D eigenvalue weighted by Crippen LogP contribution is -2.66. The highest BCUT2D eigenvalue weighted by Gasteiger charge is 2.73. The minimum Gasteiger partial charge on any atom is -0.269 e. The van der Waals surface area contributed by atoms with E-state index < -0.39 is 0 Å². The molecule has 3 rings (SSSR count). The third kappa shape index (κ3) is 1.95. The van der Waals surface area contributed by atoms with Gasteiger partial charge >= 0.3 is 0 Å². The van der Waals surface area contributed by atoms with E-state index in [9.17, 15) is 0 Å². The van der Waals surface area contributed by atoms with Crippen LogP contribution in [0.3, 0.4) is 0 Å². The van der Waals surface area contributed by atoms with Gasteiger partial charge in [0.05, 0.1) is 0 Å². The average molecular weight is 294 g/mol. The quantitative estimate of drug-likeness (QED) is 0.663. The number of rotatable bonds is 9. The van der Waals surface area contributed by atoms with Crippen LogP contribution in [0.2, 0.25) is 0 Å². The summed E-state index contributed by atoms with van der Waals surface area (Å²) in [5.74, 6) is 0.122. The molecule has 0 spiro atoms. The van der Waals surface area contributed by atoms with E-state index in [2.05, 4.69) is 54.9 Å². The predicted molar refractivity (Wildman–Crippen MR) is 87.5 cm³/mol. The van der Waals surface area contributed by atoms with Crippen molar-refractivity contribution in [2.24, 2.45) is 5.41 Å². The molecule has 0 aromatic rings. The van der Waals surface area contributed by atoms with Gasteiger partial charge in [-0.05, 0) is 32.1 Å². The van der Waals surface area contributed by atoms with Gasteiger partial charge in [-0.3, -0.25) is 9.80 Å². The standard InChI is InChI=1S/C17H34N4/c1-6-15(7-2,8-3)17(19-11-12-19,20-13-14-20)21-16(9-4,10-5)18-21/h18H,6-14H2,1-5H3. The Morgan fingerprint density at radius 1 is 0.810 bits per heavy atom. The molecule has 4 heteroatoms. The molecule has 1 atom stereocenters. The molecule has 3 heterocycles. The third-order valence-corrected chi connectivity index (χ3v) is 6.70. The fourth-order valence-electron chi connectivity index (χ4n) is 4.86. The van der Waals surface area contributed by atoms with Crippen LogP contribution in [0.5, 0.6) is 0 Å². The summed E-state index contributed by atoms with van der Waals surface area (Å²) in [6, 6.07) is 0. The molecular weight excluding hydrogens is 260 g/mol. The van der Waals surface area contributed by atoms with Crippen molar-refractivity contribution in [2.45, 2.75) is 78.2 Å². The zero-order valence-corrected chi connectivity index (χ0v) is 14.7. The number of nitrogens with one attached hydrogen (secondary N) is 1. The Bertz CT molecular complexity index is 358. The molecule has 0 radical (unpaired) electrons. The Hall–Kier alpha value is -0.160. The van der Waals surface area contributed by atoms with E-state index in [0.717, 1.165) is 0 Å². The van der Waals surface area contributed by atoms with Crippen LogP contribution < -0.4 is 5.43 Å². The maximum absolute atomic E-state index is 3.82. The predicted octanol–water partition coefficient (Wildman–Crippen LogP) is 2.82. The Balaban J connectivity index is 2.04. The first kappa shape index (κ1) is 15.7. The summed E-state index contributed by atoms with van der Waals surface area (Å²) in [6.45, 7) is 16.9. The molecule has 3 fully saturated rings. The lowest BCUT2D eigenvalue weighted by atomic mass is 9.72. The van der Waals surface area contributed by atoms with Gasteiger partial charge in [-0.2, -0.15) is 5.01 Å². The normalized spacial score (nSPS) is 28.7. The summed E-state index contributed by atoms with van der Waals surface area (Å²) >= 11 is 0. The van der Waals surface area contributed by atoms with Crippen molar-refractivity contribution in [1.29, 1.82) is 0 Å². The largest absolute Gasteiger partial charge is 0.269 e. The summed E-state index contributed by atoms with van der Waals surface area (Å²) in [7, 11) is 0. The summed E-state index contributed by atoms with van der Waals surface area (Å²) < 4.78 is 0. The van der Waals surface area contributed by atoms with E-state index in [4.69, 9.17) is 0 Å². The first-order valence-corrected chi connectivity index (χ1v) is 9.19. The highest BCUT2D eigenvalue weighted by Crippen LogP contribution is 2.58.